The number of aliphatic hydroxyl groups excluding tert-OH is 2. The summed E-state index contributed by atoms with van der Waals surface area (Å²) in [6.45, 7) is 2.95. The zero-order chi connectivity index (χ0) is 19.2. The SMILES string of the molecule is CC(C)(CO)N(CC(O)c1cccc(F)c1)C(=O)OCc1ccccc1. The summed E-state index contributed by atoms with van der Waals surface area (Å²) in [6, 6.07) is 14.8. The predicted molar refractivity (Wildman–Crippen MR) is 95.9 cm³/mol. The van der Waals surface area contributed by atoms with Crippen molar-refractivity contribution in [2.24, 2.45) is 0 Å². The molecule has 1 unspecified atom stereocenters. The Kier molecular flexibility index (Phi) is 6.71. The molecule has 0 saturated heterocycles. The molecule has 1 amide bonds. The summed E-state index contributed by atoms with van der Waals surface area (Å²) in [5.41, 5.74) is 0.218. The zero-order valence-corrected chi connectivity index (χ0v) is 14.9. The van der Waals surface area contributed by atoms with Gasteiger partial charge in [-0.2, -0.15) is 0 Å². The minimum Gasteiger partial charge on any atom is -0.445 e. The summed E-state index contributed by atoms with van der Waals surface area (Å²) in [6.07, 6.45) is -1.77. The number of benzene rings is 2. The summed E-state index contributed by atoms with van der Waals surface area (Å²) in [5, 5.41) is 20.0. The molecule has 0 aliphatic rings. The summed E-state index contributed by atoms with van der Waals surface area (Å²) in [5.74, 6) is -0.471. The maximum Gasteiger partial charge on any atom is 0.410 e. The van der Waals surface area contributed by atoms with Gasteiger partial charge in [-0.05, 0) is 37.1 Å². The molecule has 2 N–H and O–H groups in total. The van der Waals surface area contributed by atoms with Crippen molar-refractivity contribution in [1.29, 1.82) is 0 Å². The molecule has 0 aliphatic carbocycles. The highest BCUT2D eigenvalue weighted by Crippen LogP contribution is 2.22. The van der Waals surface area contributed by atoms with Crippen LogP contribution in [0.5, 0.6) is 0 Å². The van der Waals surface area contributed by atoms with Gasteiger partial charge in [0.05, 0.1) is 24.8 Å². The van der Waals surface area contributed by atoms with Gasteiger partial charge in [0.25, 0.3) is 0 Å². The van der Waals surface area contributed by atoms with Gasteiger partial charge >= 0.3 is 6.09 Å². The van der Waals surface area contributed by atoms with Crippen LogP contribution in [0.3, 0.4) is 0 Å². The molecule has 26 heavy (non-hydrogen) atoms. The van der Waals surface area contributed by atoms with Gasteiger partial charge in [0.1, 0.15) is 12.4 Å². The maximum absolute atomic E-state index is 13.4. The van der Waals surface area contributed by atoms with E-state index in [1.54, 1.807) is 19.9 Å². The first-order valence-corrected chi connectivity index (χ1v) is 8.36. The fourth-order valence-electron chi connectivity index (χ4n) is 2.44. The molecule has 2 aromatic rings. The molecule has 2 rings (SSSR count). The van der Waals surface area contributed by atoms with E-state index in [9.17, 15) is 19.4 Å². The van der Waals surface area contributed by atoms with Crippen molar-refractivity contribution < 1.29 is 24.1 Å². The van der Waals surface area contributed by atoms with Crippen molar-refractivity contribution in [1.82, 2.24) is 4.90 Å². The topological polar surface area (TPSA) is 70.0 Å². The molecule has 0 bridgehead atoms. The van der Waals surface area contributed by atoms with E-state index in [0.717, 1.165) is 5.56 Å². The lowest BCUT2D eigenvalue weighted by atomic mass is 10.0. The number of carbonyl (C=O) groups is 1. The minimum atomic E-state index is -1.11. The standard InChI is InChI=1S/C20H24FNO4/c1-20(2,14-23)22(12-18(24)16-9-6-10-17(21)11-16)19(25)26-13-15-7-4-3-5-8-15/h3-11,18,23-24H,12-14H2,1-2H3. The Morgan fingerprint density at radius 1 is 1.19 bits per heavy atom. The van der Waals surface area contributed by atoms with Crippen LogP contribution in [-0.2, 0) is 11.3 Å². The number of ether oxygens (including phenoxy) is 1. The summed E-state index contributed by atoms with van der Waals surface area (Å²) >= 11 is 0. The third kappa shape index (κ3) is 5.28. The van der Waals surface area contributed by atoms with Crippen LogP contribution in [0.4, 0.5) is 9.18 Å². The van der Waals surface area contributed by atoms with E-state index in [2.05, 4.69) is 0 Å². The molecule has 0 aromatic heterocycles. The molecule has 0 heterocycles. The highest BCUT2D eigenvalue weighted by molar-refractivity contribution is 5.68. The predicted octanol–water partition coefficient (Wildman–Crippen LogP) is 3.27. The van der Waals surface area contributed by atoms with Crippen LogP contribution in [0.1, 0.15) is 31.1 Å². The van der Waals surface area contributed by atoms with E-state index in [0.29, 0.717) is 5.56 Å². The van der Waals surface area contributed by atoms with Gasteiger partial charge < -0.3 is 14.9 Å². The molecule has 0 aliphatic heterocycles. The summed E-state index contributed by atoms with van der Waals surface area (Å²) < 4.78 is 18.7. The van der Waals surface area contributed by atoms with Crippen molar-refractivity contribution in [3.8, 4) is 0 Å². The van der Waals surface area contributed by atoms with Gasteiger partial charge in [-0.3, -0.25) is 4.90 Å². The van der Waals surface area contributed by atoms with Gasteiger partial charge in [-0.25, -0.2) is 9.18 Å². The van der Waals surface area contributed by atoms with Crippen LogP contribution in [-0.4, -0.2) is 39.9 Å². The molecule has 140 valence electrons. The number of hydrogen-bond acceptors (Lipinski definition) is 4. The van der Waals surface area contributed by atoms with Gasteiger partial charge in [-0.1, -0.05) is 42.5 Å². The van der Waals surface area contributed by atoms with Crippen LogP contribution in [0.2, 0.25) is 0 Å². The Labute approximate surface area is 152 Å². The number of rotatable bonds is 7. The van der Waals surface area contributed by atoms with Gasteiger partial charge in [-0.15, -0.1) is 0 Å². The Hall–Kier alpha value is -2.44. The number of hydrogen-bond donors (Lipinski definition) is 2. The van der Waals surface area contributed by atoms with Crippen LogP contribution in [0, 0.1) is 5.82 Å². The Balaban J connectivity index is 2.11. The molecule has 0 saturated carbocycles. The van der Waals surface area contributed by atoms with Crippen molar-refractivity contribution >= 4 is 6.09 Å². The molecule has 1 atom stereocenters. The molecule has 2 aromatic carbocycles. The first kappa shape index (κ1) is 19.9. The Morgan fingerprint density at radius 3 is 2.50 bits per heavy atom. The average Bonchev–Trinajstić information content (AvgIpc) is 2.64. The van der Waals surface area contributed by atoms with Gasteiger partial charge in [0.2, 0.25) is 0 Å². The second kappa shape index (κ2) is 8.78. The number of halogens is 1. The molecule has 6 heteroatoms. The van der Waals surface area contributed by atoms with E-state index in [-0.39, 0.29) is 19.8 Å². The fourth-order valence-corrected chi connectivity index (χ4v) is 2.44. The van der Waals surface area contributed by atoms with Crippen molar-refractivity contribution in [3.63, 3.8) is 0 Å². The van der Waals surface area contributed by atoms with E-state index < -0.39 is 23.6 Å². The summed E-state index contributed by atoms with van der Waals surface area (Å²) in [7, 11) is 0. The molecule has 5 nitrogen and oxygen atoms in total. The molecule has 0 spiro atoms. The third-order valence-electron chi connectivity index (χ3n) is 4.13. The van der Waals surface area contributed by atoms with E-state index >= 15 is 0 Å². The van der Waals surface area contributed by atoms with E-state index in [4.69, 9.17) is 4.74 Å². The Morgan fingerprint density at radius 2 is 1.88 bits per heavy atom. The lowest BCUT2D eigenvalue weighted by Crippen LogP contribution is -2.52. The van der Waals surface area contributed by atoms with E-state index in [1.807, 2.05) is 30.3 Å². The van der Waals surface area contributed by atoms with Crippen molar-refractivity contribution in [2.75, 3.05) is 13.2 Å². The molecule has 0 radical (unpaired) electrons. The van der Waals surface area contributed by atoms with Gasteiger partial charge in [0.15, 0.2) is 0 Å². The first-order valence-electron chi connectivity index (χ1n) is 8.36. The normalized spacial score (nSPS) is 12.5. The molecular formula is C20H24FNO4. The Bertz CT molecular complexity index is 721. The van der Waals surface area contributed by atoms with E-state index in [1.165, 1.54) is 23.1 Å². The zero-order valence-electron chi connectivity index (χ0n) is 14.9. The van der Waals surface area contributed by atoms with Gasteiger partial charge in [0, 0.05) is 0 Å². The monoisotopic (exact) mass is 361 g/mol. The van der Waals surface area contributed by atoms with Crippen LogP contribution < -0.4 is 0 Å². The fraction of sp³-hybridized carbons (Fsp3) is 0.350. The minimum absolute atomic E-state index is 0.0771. The second-order valence-corrected chi connectivity index (χ2v) is 6.69. The molecule has 0 fully saturated rings. The highest BCUT2D eigenvalue weighted by Gasteiger charge is 2.33. The first-order chi connectivity index (χ1) is 12.3. The lowest BCUT2D eigenvalue weighted by Gasteiger charge is -2.37. The smallest absolute Gasteiger partial charge is 0.410 e. The average molecular weight is 361 g/mol. The van der Waals surface area contributed by atoms with Crippen LogP contribution in [0.25, 0.3) is 0 Å². The summed E-state index contributed by atoms with van der Waals surface area (Å²) in [4.78, 5) is 13.8. The highest BCUT2D eigenvalue weighted by atomic mass is 19.1. The van der Waals surface area contributed by atoms with Crippen LogP contribution >= 0.6 is 0 Å². The number of carbonyl (C=O) groups excluding carboxylic acids is 1. The van der Waals surface area contributed by atoms with Crippen molar-refractivity contribution in [2.45, 2.75) is 32.1 Å². The van der Waals surface area contributed by atoms with Crippen LogP contribution in [0.15, 0.2) is 54.6 Å². The quantitative estimate of drug-likeness (QED) is 0.794. The van der Waals surface area contributed by atoms with Crippen molar-refractivity contribution in [3.05, 3.63) is 71.5 Å². The maximum atomic E-state index is 13.4. The lowest BCUT2D eigenvalue weighted by molar-refractivity contribution is 0.00652. The number of amides is 1. The second-order valence-electron chi connectivity index (χ2n) is 6.69. The number of nitrogens with zero attached hydrogens (tertiary/aromatic N) is 1. The number of β-amino-alcohol motifs (C(OH)–C–C–N with tert-alkyl or cyclic N) is 1. The molecular weight excluding hydrogens is 337 g/mol. The number of aliphatic hydroxyl groups is 2. The largest absolute Gasteiger partial charge is 0.445 e. The third-order valence-corrected chi connectivity index (χ3v) is 4.13.